The van der Waals surface area contributed by atoms with Gasteiger partial charge in [-0.05, 0) is 59.6 Å². The molecule has 0 amide bonds. The number of hydrogen-bond donors (Lipinski definition) is 2. The summed E-state index contributed by atoms with van der Waals surface area (Å²) in [6, 6.07) is 6.16. The van der Waals surface area contributed by atoms with E-state index in [0.717, 1.165) is 4.47 Å². The summed E-state index contributed by atoms with van der Waals surface area (Å²) in [4.78, 5) is 4.23. The Balaban J connectivity index is 2.43. The molecule has 1 heterocycles. The summed E-state index contributed by atoms with van der Waals surface area (Å²) in [5, 5.41) is 0.323. The Morgan fingerprint density at radius 3 is 2.57 bits per heavy atom. The fraction of sp³-hybridized carbons (Fsp3) is 0.154. The number of halogens is 2. The maximum absolute atomic E-state index is 12.4. The van der Waals surface area contributed by atoms with Gasteiger partial charge in [-0.15, -0.1) is 0 Å². The van der Waals surface area contributed by atoms with Gasteiger partial charge in [0.1, 0.15) is 5.82 Å². The molecule has 0 bridgehead atoms. The molecular formula is C13H13BrClN3O2S. The number of nitrogens with zero attached hydrogens (tertiary/aromatic N) is 1. The third-order valence-electron chi connectivity index (χ3n) is 2.84. The van der Waals surface area contributed by atoms with Gasteiger partial charge < -0.3 is 5.73 Å². The second kappa shape index (κ2) is 5.82. The predicted molar refractivity (Wildman–Crippen MR) is 88.1 cm³/mol. The molecule has 5 nitrogen and oxygen atoms in total. The van der Waals surface area contributed by atoms with Crippen molar-refractivity contribution in [1.29, 1.82) is 0 Å². The standard InChI is InChI=1S/C13H13BrClN3O2S/c1-7-5-10(15)11(16)6-12(7)21(19,20)18-13-4-3-9(14)8(2)17-13/h3-6H,16H2,1-2H3,(H,17,18). The van der Waals surface area contributed by atoms with Crippen molar-refractivity contribution in [2.75, 3.05) is 10.5 Å². The summed E-state index contributed by atoms with van der Waals surface area (Å²) in [6.45, 7) is 3.42. The molecule has 0 saturated heterocycles. The molecule has 2 rings (SSSR count). The van der Waals surface area contributed by atoms with Crippen LogP contribution in [-0.4, -0.2) is 13.4 Å². The normalized spacial score (nSPS) is 11.4. The van der Waals surface area contributed by atoms with Crippen LogP contribution in [0.2, 0.25) is 5.02 Å². The molecule has 0 spiro atoms. The number of hydrogen-bond acceptors (Lipinski definition) is 4. The summed E-state index contributed by atoms with van der Waals surface area (Å²) in [7, 11) is -3.78. The van der Waals surface area contributed by atoms with E-state index < -0.39 is 10.0 Å². The minimum Gasteiger partial charge on any atom is -0.397 e. The molecule has 1 aromatic heterocycles. The number of pyridine rings is 1. The first-order valence-corrected chi connectivity index (χ1v) is 8.57. The van der Waals surface area contributed by atoms with Crippen molar-refractivity contribution in [3.8, 4) is 0 Å². The smallest absolute Gasteiger partial charge is 0.263 e. The lowest BCUT2D eigenvalue weighted by molar-refractivity contribution is 0.600. The average Bonchev–Trinajstić information content (AvgIpc) is 2.37. The zero-order chi connectivity index (χ0) is 15.8. The highest BCUT2D eigenvalue weighted by Gasteiger charge is 2.19. The highest BCUT2D eigenvalue weighted by Crippen LogP contribution is 2.27. The van der Waals surface area contributed by atoms with E-state index in [2.05, 4.69) is 25.6 Å². The summed E-state index contributed by atoms with van der Waals surface area (Å²) < 4.78 is 28.1. The number of nitrogen functional groups attached to an aromatic ring is 1. The van der Waals surface area contributed by atoms with E-state index in [-0.39, 0.29) is 16.4 Å². The highest BCUT2D eigenvalue weighted by molar-refractivity contribution is 9.10. The van der Waals surface area contributed by atoms with E-state index in [1.807, 2.05) is 0 Å². The largest absolute Gasteiger partial charge is 0.397 e. The number of rotatable bonds is 3. The van der Waals surface area contributed by atoms with Crippen LogP contribution in [0.4, 0.5) is 11.5 Å². The molecule has 0 aliphatic carbocycles. The van der Waals surface area contributed by atoms with Gasteiger partial charge in [0, 0.05) is 4.47 Å². The average molecular weight is 391 g/mol. The lowest BCUT2D eigenvalue weighted by Gasteiger charge is -2.12. The van der Waals surface area contributed by atoms with E-state index in [9.17, 15) is 8.42 Å². The van der Waals surface area contributed by atoms with E-state index in [4.69, 9.17) is 17.3 Å². The molecule has 0 radical (unpaired) electrons. The van der Waals surface area contributed by atoms with Crippen LogP contribution in [0.25, 0.3) is 0 Å². The Morgan fingerprint density at radius 2 is 1.95 bits per heavy atom. The quantitative estimate of drug-likeness (QED) is 0.786. The number of nitrogens with two attached hydrogens (primary N) is 1. The van der Waals surface area contributed by atoms with Gasteiger partial charge in [-0.1, -0.05) is 11.6 Å². The minimum absolute atomic E-state index is 0.0757. The lowest BCUT2D eigenvalue weighted by atomic mass is 10.2. The zero-order valence-corrected chi connectivity index (χ0v) is 14.5. The molecule has 0 aliphatic rings. The van der Waals surface area contributed by atoms with Crippen molar-refractivity contribution < 1.29 is 8.42 Å². The molecule has 1 aromatic carbocycles. The van der Waals surface area contributed by atoms with Gasteiger partial charge in [0.25, 0.3) is 10.0 Å². The number of aromatic nitrogens is 1. The predicted octanol–water partition coefficient (Wildman–Crippen LogP) is 3.50. The summed E-state index contributed by atoms with van der Waals surface area (Å²) in [6.07, 6.45) is 0. The van der Waals surface area contributed by atoms with Crippen molar-refractivity contribution >= 4 is 49.1 Å². The Labute approximate surface area is 136 Å². The number of nitrogens with one attached hydrogen (secondary N) is 1. The first kappa shape index (κ1) is 16.1. The molecule has 0 atom stereocenters. The Hall–Kier alpha value is -1.31. The molecular weight excluding hydrogens is 378 g/mol. The molecule has 0 aliphatic heterocycles. The molecule has 0 unspecified atom stereocenters. The molecule has 8 heteroatoms. The van der Waals surface area contributed by atoms with Gasteiger partial charge in [0.05, 0.1) is 21.3 Å². The van der Waals surface area contributed by atoms with Crippen LogP contribution < -0.4 is 10.5 Å². The number of anilines is 2. The molecule has 21 heavy (non-hydrogen) atoms. The highest BCUT2D eigenvalue weighted by atomic mass is 79.9. The van der Waals surface area contributed by atoms with Crippen LogP contribution >= 0.6 is 27.5 Å². The summed E-state index contributed by atoms with van der Waals surface area (Å²) in [5.41, 5.74) is 7.08. The van der Waals surface area contributed by atoms with E-state index in [1.165, 1.54) is 12.1 Å². The molecule has 3 N–H and O–H groups in total. The second-order valence-corrected chi connectivity index (χ2v) is 7.42. The lowest BCUT2D eigenvalue weighted by Crippen LogP contribution is -2.16. The molecule has 2 aromatic rings. The van der Waals surface area contributed by atoms with Crippen molar-refractivity contribution in [3.63, 3.8) is 0 Å². The Bertz CT molecular complexity index is 809. The van der Waals surface area contributed by atoms with Crippen LogP contribution in [-0.2, 0) is 10.0 Å². The van der Waals surface area contributed by atoms with Crippen molar-refractivity contribution in [3.05, 3.63) is 45.0 Å². The summed E-state index contributed by atoms with van der Waals surface area (Å²) >= 11 is 9.19. The maximum Gasteiger partial charge on any atom is 0.263 e. The van der Waals surface area contributed by atoms with Crippen LogP contribution in [0, 0.1) is 13.8 Å². The molecule has 0 saturated carbocycles. The number of sulfonamides is 1. The van der Waals surface area contributed by atoms with Crippen LogP contribution in [0.5, 0.6) is 0 Å². The minimum atomic E-state index is -3.78. The molecule has 112 valence electrons. The number of benzene rings is 1. The maximum atomic E-state index is 12.4. The fourth-order valence-electron chi connectivity index (χ4n) is 1.75. The zero-order valence-electron chi connectivity index (χ0n) is 11.3. The van der Waals surface area contributed by atoms with Crippen LogP contribution in [0.15, 0.2) is 33.6 Å². The Morgan fingerprint density at radius 1 is 1.29 bits per heavy atom. The van der Waals surface area contributed by atoms with E-state index >= 15 is 0 Å². The topological polar surface area (TPSA) is 85.1 Å². The summed E-state index contributed by atoms with van der Waals surface area (Å²) in [5.74, 6) is 0.239. The van der Waals surface area contributed by atoms with E-state index in [1.54, 1.807) is 26.0 Å². The van der Waals surface area contributed by atoms with Crippen molar-refractivity contribution in [2.45, 2.75) is 18.7 Å². The SMILES string of the molecule is Cc1cc(Cl)c(N)cc1S(=O)(=O)Nc1ccc(Br)c(C)n1. The fourth-order valence-corrected chi connectivity index (χ4v) is 3.45. The van der Waals surface area contributed by atoms with Gasteiger partial charge in [-0.25, -0.2) is 13.4 Å². The first-order valence-electron chi connectivity index (χ1n) is 5.92. The van der Waals surface area contributed by atoms with Crippen molar-refractivity contribution in [2.24, 2.45) is 0 Å². The second-order valence-electron chi connectivity index (χ2n) is 4.51. The molecule has 0 fully saturated rings. The van der Waals surface area contributed by atoms with Crippen LogP contribution in [0.3, 0.4) is 0 Å². The Kier molecular flexibility index (Phi) is 4.46. The first-order chi connectivity index (χ1) is 9.70. The van der Waals surface area contributed by atoms with Gasteiger partial charge >= 0.3 is 0 Å². The van der Waals surface area contributed by atoms with Gasteiger partial charge in [-0.3, -0.25) is 4.72 Å². The number of aryl methyl sites for hydroxylation is 2. The van der Waals surface area contributed by atoms with Crippen molar-refractivity contribution in [1.82, 2.24) is 4.98 Å². The van der Waals surface area contributed by atoms with Gasteiger partial charge in [0.15, 0.2) is 0 Å². The van der Waals surface area contributed by atoms with E-state index in [0.29, 0.717) is 16.3 Å². The monoisotopic (exact) mass is 389 g/mol. The van der Waals surface area contributed by atoms with Gasteiger partial charge in [0.2, 0.25) is 0 Å². The third-order valence-corrected chi connectivity index (χ3v) is 5.51. The van der Waals surface area contributed by atoms with Crippen LogP contribution in [0.1, 0.15) is 11.3 Å². The third kappa shape index (κ3) is 3.48. The van der Waals surface area contributed by atoms with Gasteiger partial charge in [-0.2, -0.15) is 0 Å².